The number of carbonyl (C=O) groups is 2. The van der Waals surface area contributed by atoms with Crippen molar-refractivity contribution >= 4 is 23.2 Å². The van der Waals surface area contributed by atoms with E-state index in [0.717, 1.165) is 0 Å². The number of hydrogen-bond donors (Lipinski definition) is 2. The first-order chi connectivity index (χ1) is 8.95. The molecule has 0 saturated heterocycles. The molecule has 102 valence electrons. The van der Waals surface area contributed by atoms with Gasteiger partial charge in [-0.15, -0.1) is 0 Å². The highest BCUT2D eigenvalue weighted by molar-refractivity contribution is 5.99. The summed E-state index contributed by atoms with van der Waals surface area (Å²) in [6, 6.07) is 5.22. The second-order valence-corrected chi connectivity index (χ2v) is 5.11. The Morgan fingerprint density at radius 1 is 1.47 bits per heavy atom. The van der Waals surface area contributed by atoms with E-state index >= 15 is 0 Å². The molecule has 1 aliphatic heterocycles. The lowest BCUT2D eigenvalue weighted by Gasteiger charge is -2.23. The van der Waals surface area contributed by atoms with E-state index < -0.39 is 6.10 Å². The molecule has 1 aromatic carbocycles. The van der Waals surface area contributed by atoms with Crippen LogP contribution >= 0.6 is 0 Å². The number of carbonyl (C=O) groups excluding carboxylic acids is 2. The standard InChI is InChI=1S/C14H18N2O3/c1-8(2)6-13(17)15-10-4-5-12-11(7-10)16-14(18)9(3)19-12/h4-5,7-9H,6H2,1-3H3,(H,15,17)(H,16,18)/t9-/m1/s1. The Hall–Kier alpha value is -2.04. The van der Waals surface area contributed by atoms with Crippen LogP contribution in [0.25, 0.3) is 0 Å². The second-order valence-electron chi connectivity index (χ2n) is 5.11. The van der Waals surface area contributed by atoms with Crippen molar-refractivity contribution in [2.75, 3.05) is 10.6 Å². The summed E-state index contributed by atoms with van der Waals surface area (Å²) >= 11 is 0. The van der Waals surface area contributed by atoms with Crippen LogP contribution in [0.3, 0.4) is 0 Å². The molecule has 0 unspecified atom stereocenters. The fraction of sp³-hybridized carbons (Fsp3) is 0.429. The van der Waals surface area contributed by atoms with E-state index in [-0.39, 0.29) is 11.8 Å². The normalized spacial score (nSPS) is 17.5. The van der Waals surface area contributed by atoms with E-state index in [9.17, 15) is 9.59 Å². The first-order valence-corrected chi connectivity index (χ1v) is 6.37. The van der Waals surface area contributed by atoms with Crippen molar-refractivity contribution in [3.8, 4) is 5.75 Å². The lowest BCUT2D eigenvalue weighted by atomic mass is 10.1. The molecule has 5 nitrogen and oxygen atoms in total. The number of hydrogen-bond acceptors (Lipinski definition) is 3. The minimum absolute atomic E-state index is 0.0358. The van der Waals surface area contributed by atoms with Crippen molar-refractivity contribution in [3.63, 3.8) is 0 Å². The van der Waals surface area contributed by atoms with Gasteiger partial charge in [-0.05, 0) is 31.0 Å². The molecule has 0 spiro atoms. The molecule has 0 radical (unpaired) electrons. The average molecular weight is 262 g/mol. The van der Waals surface area contributed by atoms with Crippen molar-refractivity contribution in [1.29, 1.82) is 0 Å². The molecular weight excluding hydrogens is 244 g/mol. The molecule has 0 aromatic heterocycles. The maximum Gasteiger partial charge on any atom is 0.265 e. The second kappa shape index (κ2) is 5.30. The third-order valence-corrected chi connectivity index (χ3v) is 2.79. The molecule has 0 aliphatic carbocycles. The monoisotopic (exact) mass is 262 g/mol. The van der Waals surface area contributed by atoms with Crippen LogP contribution in [0.15, 0.2) is 18.2 Å². The summed E-state index contributed by atoms with van der Waals surface area (Å²) < 4.78 is 5.44. The molecule has 5 heteroatoms. The Balaban J connectivity index is 2.11. The Kier molecular flexibility index (Phi) is 3.74. The van der Waals surface area contributed by atoms with Crippen LogP contribution in [0.5, 0.6) is 5.75 Å². The van der Waals surface area contributed by atoms with Crippen LogP contribution in [-0.2, 0) is 9.59 Å². The van der Waals surface area contributed by atoms with E-state index in [1.54, 1.807) is 25.1 Å². The fourth-order valence-electron chi connectivity index (χ4n) is 1.87. The van der Waals surface area contributed by atoms with Gasteiger partial charge in [-0.1, -0.05) is 13.8 Å². The van der Waals surface area contributed by atoms with Gasteiger partial charge < -0.3 is 15.4 Å². The molecule has 0 fully saturated rings. The molecule has 0 bridgehead atoms. The smallest absolute Gasteiger partial charge is 0.265 e. The van der Waals surface area contributed by atoms with Crippen LogP contribution in [0.4, 0.5) is 11.4 Å². The van der Waals surface area contributed by atoms with Crippen LogP contribution in [0.2, 0.25) is 0 Å². The molecule has 2 rings (SSSR count). The van der Waals surface area contributed by atoms with Crippen molar-refractivity contribution in [1.82, 2.24) is 0 Å². The zero-order valence-corrected chi connectivity index (χ0v) is 11.3. The average Bonchev–Trinajstić information content (AvgIpc) is 2.30. The van der Waals surface area contributed by atoms with Crippen molar-refractivity contribution in [3.05, 3.63) is 18.2 Å². The number of amides is 2. The van der Waals surface area contributed by atoms with Gasteiger partial charge in [-0.3, -0.25) is 9.59 Å². The highest BCUT2D eigenvalue weighted by atomic mass is 16.5. The van der Waals surface area contributed by atoms with E-state index in [1.807, 2.05) is 13.8 Å². The van der Waals surface area contributed by atoms with Gasteiger partial charge in [0.2, 0.25) is 5.91 Å². The van der Waals surface area contributed by atoms with Gasteiger partial charge in [0.05, 0.1) is 5.69 Å². The van der Waals surface area contributed by atoms with E-state index in [0.29, 0.717) is 29.5 Å². The molecule has 1 atom stereocenters. The maximum atomic E-state index is 11.7. The third kappa shape index (κ3) is 3.24. The number of anilines is 2. The Bertz CT molecular complexity index is 511. The maximum absolute atomic E-state index is 11.7. The highest BCUT2D eigenvalue weighted by Crippen LogP contribution is 2.32. The fourth-order valence-corrected chi connectivity index (χ4v) is 1.87. The Morgan fingerprint density at radius 2 is 2.21 bits per heavy atom. The molecule has 0 saturated carbocycles. The number of nitrogens with one attached hydrogen (secondary N) is 2. The van der Waals surface area contributed by atoms with Gasteiger partial charge >= 0.3 is 0 Å². The molecule has 2 N–H and O–H groups in total. The lowest BCUT2D eigenvalue weighted by molar-refractivity contribution is -0.122. The molecule has 2 amide bonds. The van der Waals surface area contributed by atoms with Gasteiger partial charge in [-0.25, -0.2) is 0 Å². The quantitative estimate of drug-likeness (QED) is 0.879. The van der Waals surface area contributed by atoms with Crippen LogP contribution in [0.1, 0.15) is 27.2 Å². The van der Waals surface area contributed by atoms with Crippen molar-refractivity contribution in [2.24, 2.45) is 5.92 Å². The third-order valence-electron chi connectivity index (χ3n) is 2.79. The predicted octanol–water partition coefficient (Wildman–Crippen LogP) is 2.39. The van der Waals surface area contributed by atoms with Crippen molar-refractivity contribution in [2.45, 2.75) is 33.3 Å². The first-order valence-electron chi connectivity index (χ1n) is 6.37. The van der Waals surface area contributed by atoms with E-state index in [4.69, 9.17) is 4.74 Å². The van der Waals surface area contributed by atoms with E-state index in [1.165, 1.54) is 0 Å². The minimum atomic E-state index is -0.492. The summed E-state index contributed by atoms with van der Waals surface area (Å²) in [6.07, 6.45) is -0.0226. The summed E-state index contributed by atoms with van der Waals surface area (Å²) in [6.45, 7) is 5.67. The SMILES string of the molecule is CC(C)CC(=O)Nc1ccc2c(c1)NC(=O)[C@@H](C)O2. The molecule has 1 heterocycles. The Morgan fingerprint density at radius 3 is 2.89 bits per heavy atom. The highest BCUT2D eigenvalue weighted by Gasteiger charge is 2.23. The molecule has 1 aliphatic rings. The van der Waals surface area contributed by atoms with Crippen molar-refractivity contribution < 1.29 is 14.3 Å². The Labute approximate surface area is 112 Å². The summed E-state index contributed by atoms with van der Waals surface area (Å²) in [5, 5.41) is 5.55. The largest absolute Gasteiger partial charge is 0.479 e. The lowest BCUT2D eigenvalue weighted by Crippen LogP contribution is -2.34. The van der Waals surface area contributed by atoms with Crippen LogP contribution in [0, 0.1) is 5.92 Å². The van der Waals surface area contributed by atoms with Crippen LogP contribution < -0.4 is 15.4 Å². The summed E-state index contributed by atoms with van der Waals surface area (Å²) in [5.41, 5.74) is 1.24. The number of rotatable bonds is 3. The predicted molar refractivity (Wildman–Crippen MR) is 73.2 cm³/mol. The number of fused-ring (bicyclic) bond motifs is 1. The van der Waals surface area contributed by atoms with Gasteiger partial charge in [0, 0.05) is 12.1 Å². The van der Waals surface area contributed by atoms with Gasteiger partial charge in [-0.2, -0.15) is 0 Å². The zero-order valence-electron chi connectivity index (χ0n) is 11.3. The molecular formula is C14H18N2O3. The zero-order chi connectivity index (χ0) is 14.0. The minimum Gasteiger partial charge on any atom is -0.479 e. The first kappa shape index (κ1) is 13.4. The summed E-state index contributed by atoms with van der Waals surface area (Å²) in [5.74, 6) is 0.708. The number of benzene rings is 1. The molecule has 19 heavy (non-hydrogen) atoms. The summed E-state index contributed by atoms with van der Waals surface area (Å²) in [4.78, 5) is 23.2. The van der Waals surface area contributed by atoms with Gasteiger partial charge in [0.15, 0.2) is 6.10 Å². The van der Waals surface area contributed by atoms with Gasteiger partial charge in [0.1, 0.15) is 5.75 Å². The number of ether oxygens (including phenoxy) is 1. The summed E-state index contributed by atoms with van der Waals surface area (Å²) in [7, 11) is 0. The van der Waals surface area contributed by atoms with Crippen LogP contribution in [-0.4, -0.2) is 17.9 Å². The topological polar surface area (TPSA) is 67.4 Å². The van der Waals surface area contributed by atoms with E-state index in [2.05, 4.69) is 10.6 Å². The molecule has 1 aromatic rings. The van der Waals surface area contributed by atoms with Gasteiger partial charge in [0.25, 0.3) is 5.91 Å².